The number of unbranched alkanes of at least 4 members (excludes halogenated alkanes) is 2. The summed E-state index contributed by atoms with van der Waals surface area (Å²) >= 11 is 0. The van der Waals surface area contributed by atoms with Crippen molar-refractivity contribution in [1.29, 1.82) is 0 Å². The van der Waals surface area contributed by atoms with Crippen LogP contribution in [0.15, 0.2) is 10.5 Å². The molecule has 0 saturated carbocycles. The molecule has 0 aliphatic carbocycles. The number of carboxylic acids is 1. The maximum atomic E-state index is 12.2. The SMILES string of the molecule is CCCCCc1cc(C)c(CCC(=O)OC(CC(=O)O)C[N+](C)(C)C)o1. The van der Waals surface area contributed by atoms with Crippen LogP contribution in [0.3, 0.4) is 0 Å². The lowest BCUT2D eigenvalue weighted by molar-refractivity contribution is -0.873. The second-order valence-corrected chi connectivity index (χ2v) is 7.96. The quantitative estimate of drug-likeness (QED) is 0.348. The van der Waals surface area contributed by atoms with Crippen LogP contribution in [-0.2, 0) is 27.2 Å². The first-order valence-electron chi connectivity index (χ1n) is 9.40. The van der Waals surface area contributed by atoms with E-state index in [0.29, 0.717) is 17.4 Å². The van der Waals surface area contributed by atoms with Crippen molar-refractivity contribution >= 4 is 11.9 Å². The number of ether oxygens (including phenoxy) is 1. The van der Waals surface area contributed by atoms with Gasteiger partial charge < -0.3 is 18.7 Å². The zero-order valence-electron chi connectivity index (χ0n) is 16.8. The number of furan rings is 1. The van der Waals surface area contributed by atoms with Crippen LogP contribution in [0.5, 0.6) is 0 Å². The Kier molecular flexibility index (Phi) is 8.85. The Morgan fingerprint density at radius 3 is 2.50 bits per heavy atom. The molecule has 26 heavy (non-hydrogen) atoms. The van der Waals surface area contributed by atoms with E-state index in [-0.39, 0.29) is 18.8 Å². The van der Waals surface area contributed by atoms with E-state index >= 15 is 0 Å². The van der Waals surface area contributed by atoms with Crippen molar-refractivity contribution in [2.45, 2.75) is 64.9 Å². The summed E-state index contributed by atoms with van der Waals surface area (Å²) in [7, 11) is 5.82. The molecule has 1 aromatic heterocycles. The van der Waals surface area contributed by atoms with E-state index in [2.05, 4.69) is 6.92 Å². The number of carbonyl (C=O) groups is 2. The fourth-order valence-corrected chi connectivity index (χ4v) is 2.92. The zero-order chi connectivity index (χ0) is 19.7. The van der Waals surface area contributed by atoms with Gasteiger partial charge >= 0.3 is 11.9 Å². The summed E-state index contributed by atoms with van der Waals surface area (Å²) in [4.78, 5) is 23.2. The first kappa shape index (κ1) is 22.2. The molecule has 0 bridgehead atoms. The molecule has 1 heterocycles. The Morgan fingerprint density at radius 2 is 1.92 bits per heavy atom. The number of aryl methyl sites for hydroxylation is 3. The summed E-state index contributed by atoms with van der Waals surface area (Å²) in [5, 5.41) is 9.02. The maximum Gasteiger partial charge on any atom is 0.307 e. The fourth-order valence-electron chi connectivity index (χ4n) is 2.92. The summed E-state index contributed by atoms with van der Waals surface area (Å²) in [6.45, 7) is 4.61. The van der Waals surface area contributed by atoms with Crippen LogP contribution in [0, 0.1) is 6.92 Å². The van der Waals surface area contributed by atoms with Crippen molar-refractivity contribution in [3.63, 3.8) is 0 Å². The highest BCUT2D eigenvalue weighted by Crippen LogP contribution is 2.19. The molecule has 1 rings (SSSR count). The first-order valence-corrected chi connectivity index (χ1v) is 9.40. The Balaban J connectivity index is 2.54. The minimum atomic E-state index is -0.963. The lowest BCUT2D eigenvalue weighted by atomic mass is 10.1. The molecule has 1 unspecified atom stereocenters. The van der Waals surface area contributed by atoms with Crippen LogP contribution < -0.4 is 0 Å². The van der Waals surface area contributed by atoms with Gasteiger partial charge in [0.15, 0.2) is 6.10 Å². The fraction of sp³-hybridized carbons (Fsp3) is 0.700. The van der Waals surface area contributed by atoms with Crippen LogP contribution >= 0.6 is 0 Å². The number of carbonyl (C=O) groups excluding carboxylic acids is 1. The van der Waals surface area contributed by atoms with Gasteiger partial charge in [0.1, 0.15) is 18.1 Å². The van der Waals surface area contributed by atoms with Crippen molar-refractivity contribution in [2.75, 3.05) is 27.7 Å². The molecule has 0 fully saturated rings. The Bertz CT molecular complexity index is 586. The van der Waals surface area contributed by atoms with Gasteiger partial charge in [-0.15, -0.1) is 0 Å². The topological polar surface area (TPSA) is 76.7 Å². The van der Waals surface area contributed by atoms with E-state index < -0.39 is 12.1 Å². The molecule has 6 heteroatoms. The minimum absolute atomic E-state index is 0.178. The van der Waals surface area contributed by atoms with Gasteiger partial charge in [-0.3, -0.25) is 9.59 Å². The van der Waals surface area contributed by atoms with Crippen molar-refractivity contribution in [3.8, 4) is 0 Å². The summed E-state index contributed by atoms with van der Waals surface area (Å²) in [5.74, 6) is 0.436. The maximum absolute atomic E-state index is 12.2. The van der Waals surface area contributed by atoms with Gasteiger partial charge in [0.25, 0.3) is 0 Å². The summed E-state index contributed by atoms with van der Waals surface area (Å²) < 4.78 is 11.8. The highest BCUT2D eigenvalue weighted by molar-refractivity contribution is 5.71. The number of nitrogens with zero attached hydrogens (tertiary/aromatic N) is 1. The molecule has 6 nitrogen and oxygen atoms in total. The second-order valence-electron chi connectivity index (χ2n) is 7.96. The van der Waals surface area contributed by atoms with Crippen molar-refractivity contribution in [2.24, 2.45) is 0 Å². The van der Waals surface area contributed by atoms with Crippen LogP contribution in [0.1, 0.15) is 56.1 Å². The predicted octanol–water partition coefficient (Wildman–Crippen LogP) is 3.35. The number of quaternary nitrogens is 1. The number of rotatable bonds is 12. The van der Waals surface area contributed by atoms with E-state index in [1.54, 1.807) is 0 Å². The molecular formula is C20H34NO5+. The standard InChI is InChI=1S/C20H33NO5/c1-6-7-8-9-16-12-15(2)18(25-16)10-11-20(24)26-17(13-19(22)23)14-21(3,4)5/h12,17H,6-11,13-14H2,1-5H3/p+1. The van der Waals surface area contributed by atoms with Crippen LogP contribution in [-0.4, -0.2) is 55.3 Å². The number of hydrogen-bond acceptors (Lipinski definition) is 4. The minimum Gasteiger partial charge on any atom is -0.481 e. The monoisotopic (exact) mass is 368 g/mol. The normalized spacial score (nSPS) is 12.8. The average molecular weight is 368 g/mol. The molecule has 0 aliphatic rings. The van der Waals surface area contributed by atoms with E-state index in [4.69, 9.17) is 14.3 Å². The third-order valence-corrected chi connectivity index (χ3v) is 4.11. The number of likely N-dealkylation sites (N-methyl/N-ethyl adjacent to an activating group) is 1. The van der Waals surface area contributed by atoms with Gasteiger partial charge in [0.2, 0.25) is 0 Å². The predicted molar refractivity (Wildman–Crippen MR) is 100 cm³/mol. The van der Waals surface area contributed by atoms with E-state index in [1.807, 2.05) is 34.1 Å². The molecule has 0 saturated heterocycles. The highest BCUT2D eigenvalue weighted by Gasteiger charge is 2.25. The van der Waals surface area contributed by atoms with Crippen molar-refractivity contribution < 1.29 is 28.3 Å². The van der Waals surface area contributed by atoms with Crippen molar-refractivity contribution in [1.82, 2.24) is 0 Å². The molecule has 0 aliphatic heterocycles. The zero-order valence-corrected chi connectivity index (χ0v) is 16.8. The van der Waals surface area contributed by atoms with E-state index in [1.165, 1.54) is 12.8 Å². The van der Waals surface area contributed by atoms with E-state index in [9.17, 15) is 9.59 Å². The molecule has 0 aromatic carbocycles. The highest BCUT2D eigenvalue weighted by atomic mass is 16.5. The number of aliphatic carboxylic acids is 1. The molecule has 1 atom stereocenters. The van der Waals surface area contributed by atoms with E-state index in [0.717, 1.165) is 29.9 Å². The van der Waals surface area contributed by atoms with Gasteiger partial charge in [0, 0.05) is 12.8 Å². The van der Waals surface area contributed by atoms with Crippen LogP contribution in [0.2, 0.25) is 0 Å². The van der Waals surface area contributed by atoms with Gasteiger partial charge in [0.05, 0.1) is 34.0 Å². The number of hydrogen-bond donors (Lipinski definition) is 1. The smallest absolute Gasteiger partial charge is 0.307 e. The molecule has 0 radical (unpaired) electrons. The average Bonchev–Trinajstić information content (AvgIpc) is 2.83. The molecule has 0 spiro atoms. The van der Waals surface area contributed by atoms with Crippen LogP contribution in [0.4, 0.5) is 0 Å². The second kappa shape index (κ2) is 10.4. The number of carboxylic acid groups (broad SMARTS) is 1. The molecule has 1 N–H and O–H groups in total. The summed E-state index contributed by atoms with van der Waals surface area (Å²) in [6.07, 6.45) is 4.24. The largest absolute Gasteiger partial charge is 0.481 e. The van der Waals surface area contributed by atoms with Gasteiger partial charge in [-0.1, -0.05) is 19.8 Å². The summed E-state index contributed by atoms with van der Waals surface area (Å²) in [6, 6.07) is 2.04. The Labute approximate surface area is 156 Å². The van der Waals surface area contributed by atoms with Crippen molar-refractivity contribution in [3.05, 3.63) is 23.2 Å². The summed E-state index contributed by atoms with van der Waals surface area (Å²) in [5.41, 5.74) is 1.05. The molecular weight excluding hydrogens is 334 g/mol. The Hall–Kier alpha value is -1.82. The lowest BCUT2D eigenvalue weighted by Crippen LogP contribution is -2.43. The Morgan fingerprint density at radius 1 is 1.23 bits per heavy atom. The molecule has 1 aromatic rings. The third-order valence-electron chi connectivity index (χ3n) is 4.11. The van der Waals surface area contributed by atoms with Gasteiger partial charge in [-0.25, -0.2) is 0 Å². The van der Waals surface area contributed by atoms with Gasteiger partial charge in [-0.05, 0) is 25.0 Å². The van der Waals surface area contributed by atoms with Crippen LogP contribution in [0.25, 0.3) is 0 Å². The number of esters is 1. The van der Waals surface area contributed by atoms with Gasteiger partial charge in [-0.2, -0.15) is 0 Å². The lowest BCUT2D eigenvalue weighted by Gasteiger charge is -2.28. The first-order chi connectivity index (χ1) is 12.1. The molecule has 0 amide bonds. The third kappa shape index (κ3) is 9.04. The molecule has 148 valence electrons.